The van der Waals surface area contributed by atoms with Crippen LogP contribution in [-0.2, 0) is 26.2 Å². The molecule has 0 saturated heterocycles. The molecule has 1 radical (unpaired) electrons. The van der Waals surface area contributed by atoms with Crippen LogP contribution in [0.4, 0.5) is 0 Å². The zero-order chi connectivity index (χ0) is 23.5. The van der Waals surface area contributed by atoms with Crippen LogP contribution >= 0.6 is 0 Å². The molecule has 3 aromatic rings. The standard InChI is InChI=1S/C21H23.C10H11NSi.2ClH.Zr/c1-14(2)16-8-10-17(11-9-16)20-7-5-6-18-12-19(15(3)4)13-21(18)20;1-6-9-7-4-5-11-8(7)10(6)12(9,2)3;;;/h5-15H,1-4H3;4-5H,1-3H3;2*1H;/q-1;;;;+3/p-2. The Kier molecular flexibility index (Phi) is 9.91. The van der Waals surface area contributed by atoms with Crippen LogP contribution in [0.15, 0.2) is 93.4 Å². The molecule has 2 bridgehead atoms. The molecule has 3 heterocycles. The van der Waals surface area contributed by atoms with Gasteiger partial charge in [0.25, 0.3) is 0 Å². The zero-order valence-electron chi connectivity index (χ0n) is 22.2. The third kappa shape index (κ3) is 5.02. The number of hydrogen-bond donors (Lipinski definition) is 0. The van der Waals surface area contributed by atoms with Crippen LogP contribution in [0.5, 0.6) is 0 Å². The Labute approximate surface area is 249 Å². The van der Waals surface area contributed by atoms with Crippen molar-refractivity contribution >= 4 is 24.6 Å². The van der Waals surface area contributed by atoms with Crippen molar-refractivity contribution in [3.8, 4) is 11.1 Å². The summed E-state index contributed by atoms with van der Waals surface area (Å²) in [6.45, 7) is 16.1. The van der Waals surface area contributed by atoms with E-state index >= 15 is 0 Å². The number of allylic oxidation sites excluding steroid dienone is 5. The van der Waals surface area contributed by atoms with Gasteiger partial charge in [0.15, 0.2) is 0 Å². The van der Waals surface area contributed by atoms with E-state index in [9.17, 15) is 0 Å². The summed E-state index contributed by atoms with van der Waals surface area (Å²) in [6.07, 6.45) is 4.10. The molecule has 0 aromatic heterocycles. The van der Waals surface area contributed by atoms with E-state index in [1.807, 2.05) is 6.20 Å². The van der Waals surface area contributed by atoms with Crippen molar-refractivity contribution in [2.24, 2.45) is 4.99 Å². The Balaban J connectivity index is 0.000000261. The number of nitrogens with zero attached hydrogens (tertiary/aromatic N) is 1. The van der Waals surface area contributed by atoms with Gasteiger partial charge in [0.1, 0.15) is 8.07 Å². The summed E-state index contributed by atoms with van der Waals surface area (Å²) in [7, 11) is -1.13. The number of fused-ring (bicyclic) bond motifs is 1. The fraction of sp³-hybridized carbons (Fsp3) is 0.290. The fourth-order valence-corrected chi connectivity index (χ4v) is 9.62. The molecule has 0 N–H and O–H groups in total. The molecule has 3 aliphatic heterocycles. The van der Waals surface area contributed by atoms with Crippen LogP contribution in [0.2, 0.25) is 13.1 Å². The molecule has 36 heavy (non-hydrogen) atoms. The summed E-state index contributed by atoms with van der Waals surface area (Å²) in [6, 6.07) is 20.3. The van der Waals surface area contributed by atoms with Gasteiger partial charge in [-0.3, -0.25) is 4.99 Å². The maximum absolute atomic E-state index is 4.42. The van der Waals surface area contributed by atoms with Crippen molar-refractivity contribution in [2.75, 3.05) is 0 Å². The van der Waals surface area contributed by atoms with Crippen molar-refractivity contribution in [3.63, 3.8) is 0 Å². The topological polar surface area (TPSA) is 12.4 Å². The molecular formula is C31H34Cl2NSiZr. The molecular weight excluding hydrogens is 577 g/mol. The predicted molar refractivity (Wildman–Crippen MR) is 147 cm³/mol. The molecule has 0 amide bonds. The third-order valence-electron chi connectivity index (χ3n) is 7.53. The second-order valence-electron chi connectivity index (χ2n) is 10.7. The number of halogens is 2. The van der Waals surface area contributed by atoms with E-state index < -0.39 is 8.07 Å². The monoisotopic (exact) mass is 608 g/mol. The quantitative estimate of drug-likeness (QED) is 0.320. The molecule has 5 heteroatoms. The van der Waals surface area contributed by atoms with Crippen LogP contribution in [0, 0.1) is 0 Å². The predicted octanol–water partition coefficient (Wildman–Crippen LogP) is 2.86. The van der Waals surface area contributed by atoms with Gasteiger partial charge in [-0.2, -0.15) is 6.07 Å². The first kappa shape index (κ1) is 30.8. The van der Waals surface area contributed by atoms with Crippen molar-refractivity contribution in [1.29, 1.82) is 0 Å². The number of aliphatic imine (C=N–C) groups is 1. The smallest absolute Gasteiger partial charge is 1.00 e. The first-order chi connectivity index (χ1) is 15.7. The van der Waals surface area contributed by atoms with Gasteiger partial charge in [-0.05, 0) is 51.9 Å². The van der Waals surface area contributed by atoms with Crippen molar-refractivity contribution in [2.45, 2.75) is 59.5 Å². The van der Waals surface area contributed by atoms with Crippen molar-refractivity contribution in [1.82, 2.24) is 0 Å². The fourth-order valence-electron chi connectivity index (χ4n) is 5.76. The van der Waals surface area contributed by atoms with Gasteiger partial charge < -0.3 is 24.8 Å². The average molecular weight is 611 g/mol. The largest absolute Gasteiger partial charge is 3.00 e. The number of benzene rings is 2. The van der Waals surface area contributed by atoms with E-state index in [0.717, 1.165) is 0 Å². The maximum atomic E-state index is 4.42. The third-order valence-corrected chi connectivity index (χ3v) is 11.3. The van der Waals surface area contributed by atoms with Gasteiger partial charge >= 0.3 is 26.2 Å². The molecule has 0 atom stereocenters. The molecule has 185 valence electrons. The Bertz CT molecular complexity index is 1390. The van der Waals surface area contributed by atoms with E-state index in [-0.39, 0.29) is 51.0 Å². The molecule has 0 saturated carbocycles. The summed E-state index contributed by atoms with van der Waals surface area (Å²) in [5.74, 6) is 1.16. The summed E-state index contributed by atoms with van der Waals surface area (Å²) < 4.78 is 0. The van der Waals surface area contributed by atoms with Gasteiger partial charge in [0, 0.05) is 11.8 Å². The molecule has 0 spiro atoms. The average Bonchev–Trinajstić information content (AvgIpc) is 3.50. The van der Waals surface area contributed by atoms with Crippen LogP contribution in [-0.4, -0.2) is 13.8 Å². The second-order valence-corrected chi connectivity index (χ2v) is 15.0. The summed E-state index contributed by atoms with van der Waals surface area (Å²) in [5.41, 5.74) is 9.76. The van der Waals surface area contributed by atoms with Crippen molar-refractivity contribution < 1.29 is 51.0 Å². The minimum absolute atomic E-state index is 0. The Morgan fingerprint density at radius 1 is 0.861 bits per heavy atom. The van der Waals surface area contributed by atoms with E-state index in [2.05, 4.69) is 113 Å². The molecule has 7 rings (SSSR count). The van der Waals surface area contributed by atoms with Gasteiger partial charge in [0.05, 0.1) is 5.71 Å². The van der Waals surface area contributed by atoms with Crippen LogP contribution in [0.25, 0.3) is 21.9 Å². The van der Waals surface area contributed by atoms with Gasteiger partial charge in [-0.25, -0.2) is 0 Å². The second kappa shape index (κ2) is 11.6. The van der Waals surface area contributed by atoms with Gasteiger partial charge in [0.2, 0.25) is 0 Å². The van der Waals surface area contributed by atoms with E-state index in [4.69, 9.17) is 0 Å². The van der Waals surface area contributed by atoms with E-state index in [0.29, 0.717) is 11.8 Å². The van der Waals surface area contributed by atoms with Crippen LogP contribution < -0.4 is 24.8 Å². The Morgan fingerprint density at radius 3 is 2.08 bits per heavy atom. The van der Waals surface area contributed by atoms with Crippen molar-refractivity contribution in [3.05, 3.63) is 99.5 Å². The summed E-state index contributed by atoms with van der Waals surface area (Å²) in [4.78, 5) is 4.42. The zero-order valence-corrected chi connectivity index (χ0v) is 27.2. The molecule has 1 aliphatic carbocycles. The SMILES string of the molecule is CC(C)c1ccc(-c2cccc3[cH-]c(C(C)C)cc23)cc1.CC1=C2C3=NC=CC3=C1[Si]2(C)C.[Cl-].[Cl-].[Zr+3]. The minimum atomic E-state index is -1.13. The normalized spacial score (nSPS) is 16.1. The number of hydrogen-bond acceptors (Lipinski definition) is 1. The molecule has 1 nitrogen and oxygen atoms in total. The van der Waals surface area contributed by atoms with Crippen LogP contribution in [0.1, 0.15) is 57.6 Å². The Hall–Kier alpha value is -1.38. The molecule has 4 aliphatic rings. The molecule has 0 unspecified atom stereocenters. The summed E-state index contributed by atoms with van der Waals surface area (Å²) in [5, 5.41) is 5.99. The van der Waals surface area contributed by atoms with E-state index in [1.165, 1.54) is 49.9 Å². The van der Waals surface area contributed by atoms with E-state index in [1.54, 1.807) is 10.4 Å². The summed E-state index contributed by atoms with van der Waals surface area (Å²) >= 11 is 0. The van der Waals surface area contributed by atoms with Crippen LogP contribution in [0.3, 0.4) is 0 Å². The Morgan fingerprint density at radius 2 is 1.53 bits per heavy atom. The first-order valence-corrected chi connectivity index (χ1v) is 15.2. The minimum Gasteiger partial charge on any atom is -1.00 e. The molecule has 3 aromatic carbocycles. The van der Waals surface area contributed by atoms with Gasteiger partial charge in [-0.1, -0.05) is 76.7 Å². The first-order valence-electron chi connectivity index (χ1n) is 12.2. The maximum Gasteiger partial charge on any atom is 3.00 e. The number of rotatable bonds is 3. The van der Waals surface area contributed by atoms with Gasteiger partial charge in [-0.15, -0.1) is 34.5 Å². The molecule has 0 fully saturated rings.